The summed E-state index contributed by atoms with van der Waals surface area (Å²) in [7, 11) is 1.57. The molecule has 1 aromatic rings. The second-order valence-electron chi connectivity index (χ2n) is 4.46. The summed E-state index contributed by atoms with van der Waals surface area (Å²) < 4.78 is 0. The standard InChI is InChI=1S/C13H19N3O3/c1-8(9-5-3-4-6-11(9)17)16(2)13(19)10(14)7-12(15)18/h3-6,8,10,17H,7,14H2,1-2H3,(H2,15,18). The molecule has 0 saturated heterocycles. The summed E-state index contributed by atoms with van der Waals surface area (Å²) >= 11 is 0. The van der Waals surface area contributed by atoms with Crippen LogP contribution in [0.4, 0.5) is 0 Å². The number of carbonyl (C=O) groups excluding carboxylic acids is 2. The van der Waals surface area contributed by atoms with Crippen LogP contribution in [-0.4, -0.2) is 34.9 Å². The molecule has 6 nitrogen and oxygen atoms in total. The van der Waals surface area contributed by atoms with E-state index in [0.29, 0.717) is 5.56 Å². The predicted molar refractivity (Wildman–Crippen MR) is 71.1 cm³/mol. The zero-order valence-electron chi connectivity index (χ0n) is 11.0. The maximum absolute atomic E-state index is 12.0. The Balaban J connectivity index is 2.82. The number of likely N-dealkylation sites (N-methyl/N-ethyl adjacent to an activating group) is 1. The van der Waals surface area contributed by atoms with Crippen molar-refractivity contribution in [2.24, 2.45) is 11.5 Å². The molecular formula is C13H19N3O3. The van der Waals surface area contributed by atoms with Crippen molar-refractivity contribution < 1.29 is 14.7 Å². The molecule has 0 heterocycles. The third kappa shape index (κ3) is 3.69. The van der Waals surface area contributed by atoms with Gasteiger partial charge in [-0.3, -0.25) is 9.59 Å². The lowest BCUT2D eigenvalue weighted by atomic mass is 10.0. The highest BCUT2D eigenvalue weighted by atomic mass is 16.3. The first-order valence-electron chi connectivity index (χ1n) is 5.93. The van der Waals surface area contributed by atoms with Gasteiger partial charge in [0.25, 0.3) is 0 Å². The molecule has 0 aliphatic rings. The van der Waals surface area contributed by atoms with Crippen molar-refractivity contribution in [1.82, 2.24) is 4.90 Å². The van der Waals surface area contributed by atoms with Gasteiger partial charge in [-0.05, 0) is 13.0 Å². The fourth-order valence-electron chi connectivity index (χ4n) is 1.81. The molecule has 1 rings (SSSR count). The average Bonchev–Trinajstić information content (AvgIpc) is 2.36. The second kappa shape index (κ2) is 6.19. The highest BCUT2D eigenvalue weighted by Crippen LogP contribution is 2.27. The number of amides is 2. The first-order chi connectivity index (χ1) is 8.84. The molecule has 0 bridgehead atoms. The molecule has 0 spiro atoms. The van der Waals surface area contributed by atoms with Gasteiger partial charge in [0.05, 0.1) is 18.5 Å². The highest BCUT2D eigenvalue weighted by Gasteiger charge is 2.25. The third-order valence-corrected chi connectivity index (χ3v) is 3.05. The summed E-state index contributed by atoms with van der Waals surface area (Å²) in [4.78, 5) is 24.2. The van der Waals surface area contributed by atoms with Crippen molar-refractivity contribution in [3.8, 4) is 5.75 Å². The summed E-state index contributed by atoms with van der Waals surface area (Å²) in [5, 5.41) is 9.75. The summed E-state index contributed by atoms with van der Waals surface area (Å²) in [6.45, 7) is 1.77. The van der Waals surface area contributed by atoms with E-state index in [1.807, 2.05) is 0 Å². The Morgan fingerprint density at radius 2 is 1.95 bits per heavy atom. The molecule has 0 aromatic heterocycles. The lowest BCUT2D eigenvalue weighted by Crippen LogP contribution is -2.44. The van der Waals surface area contributed by atoms with Gasteiger partial charge in [0.2, 0.25) is 11.8 Å². The van der Waals surface area contributed by atoms with E-state index in [4.69, 9.17) is 11.5 Å². The molecule has 104 valence electrons. The van der Waals surface area contributed by atoms with E-state index in [1.165, 1.54) is 4.90 Å². The van der Waals surface area contributed by atoms with E-state index in [2.05, 4.69) is 0 Å². The lowest BCUT2D eigenvalue weighted by Gasteiger charge is -2.28. The number of para-hydroxylation sites is 1. The molecule has 19 heavy (non-hydrogen) atoms. The Bertz CT molecular complexity index is 476. The minimum Gasteiger partial charge on any atom is -0.508 e. The third-order valence-electron chi connectivity index (χ3n) is 3.05. The van der Waals surface area contributed by atoms with Crippen LogP contribution < -0.4 is 11.5 Å². The summed E-state index contributed by atoms with van der Waals surface area (Å²) in [6, 6.07) is 5.43. The first-order valence-corrected chi connectivity index (χ1v) is 5.93. The number of aromatic hydroxyl groups is 1. The number of nitrogens with two attached hydrogens (primary N) is 2. The Morgan fingerprint density at radius 1 is 1.37 bits per heavy atom. The summed E-state index contributed by atoms with van der Waals surface area (Å²) in [5.74, 6) is -0.905. The van der Waals surface area contributed by atoms with Crippen molar-refractivity contribution in [2.45, 2.75) is 25.4 Å². The molecule has 0 fully saturated rings. The van der Waals surface area contributed by atoms with Gasteiger partial charge in [-0.15, -0.1) is 0 Å². The van der Waals surface area contributed by atoms with Crippen molar-refractivity contribution in [1.29, 1.82) is 0 Å². The number of primary amides is 1. The Hall–Kier alpha value is -2.08. The van der Waals surface area contributed by atoms with Crippen LogP contribution in [0.5, 0.6) is 5.75 Å². The SMILES string of the molecule is CC(c1ccccc1O)N(C)C(=O)C(N)CC(N)=O. The van der Waals surface area contributed by atoms with Crippen LogP contribution >= 0.6 is 0 Å². The quantitative estimate of drug-likeness (QED) is 0.702. The highest BCUT2D eigenvalue weighted by molar-refractivity contribution is 5.87. The summed E-state index contributed by atoms with van der Waals surface area (Å²) in [5.41, 5.74) is 11.2. The van der Waals surface area contributed by atoms with Crippen LogP contribution in [0.25, 0.3) is 0 Å². The number of hydrogen-bond donors (Lipinski definition) is 3. The number of carbonyl (C=O) groups is 2. The summed E-state index contributed by atoms with van der Waals surface area (Å²) in [6.07, 6.45) is -0.198. The van der Waals surface area contributed by atoms with E-state index in [1.54, 1.807) is 38.2 Å². The average molecular weight is 265 g/mol. The molecule has 2 unspecified atom stereocenters. The van der Waals surface area contributed by atoms with Crippen LogP contribution in [0.2, 0.25) is 0 Å². The smallest absolute Gasteiger partial charge is 0.240 e. The van der Waals surface area contributed by atoms with Gasteiger partial charge in [0.15, 0.2) is 0 Å². The van der Waals surface area contributed by atoms with Crippen molar-refractivity contribution in [2.75, 3.05) is 7.05 Å². The molecule has 0 aliphatic carbocycles. The van der Waals surface area contributed by atoms with Gasteiger partial charge in [0, 0.05) is 12.6 Å². The topological polar surface area (TPSA) is 110 Å². The maximum Gasteiger partial charge on any atom is 0.240 e. The second-order valence-corrected chi connectivity index (χ2v) is 4.46. The molecule has 2 amide bonds. The zero-order valence-corrected chi connectivity index (χ0v) is 11.0. The van der Waals surface area contributed by atoms with E-state index >= 15 is 0 Å². The number of nitrogens with zero attached hydrogens (tertiary/aromatic N) is 1. The fraction of sp³-hybridized carbons (Fsp3) is 0.385. The van der Waals surface area contributed by atoms with E-state index in [9.17, 15) is 14.7 Å². The minimum absolute atomic E-state index is 0.109. The van der Waals surface area contributed by atoms with E-state index < -0.39 is 17.9 Å². The van der Waals surface area contributed by atoms with Gasteiger partial charge < -0.3 is 21.5 Å². The molecule has 0 saturated carbocycles. The molecule has 5 N–H and O–H groups in total. The van der Waals surface area contributed by atoms with Crippen LogP contribution in [-0.2, 0) is 9.59 Å². The molecule has 2 atom stereocenters. The van der Waals surface area contributed by atoms with Crippen molar-refractivity contribution >= 4 is 11.8 Å². The van der Waals surface area contributed by atoms with Gasteiger partial charge >= 0.3 is 0 Å². The van der Waals surface area contributed by atoms with Crippen molar-refractivity contribution in [3.05, 3.63) is 29.8 Å². The first kappa shape index (κ1) is 15.0. The number of phenols is 1. The Labute approximate surface area is 112 Å². The molecular weight excluding hydrogens is 246 g/mol. The van der Waals surface area contributed by atoms with Gasteiger partial charge in [-0.25, -0.2) is 0 Å². The molecule has 0 radical (unpaired) electrons. The predicted octanol–water partition coefficient (Wildman–Crippen LogP) is 0.114. The number of benzene rings is 1. The number of rotatable bonds is 5. The van der Waals surface area contributed by atoms with Crippen LogP contribution in [0, 0.1) is 0 Å². The van der Waals surface area contributed by atoms with Crippen LogP contribution in [0.15, 0.2) is 24.3 Å². The number of hydrogen-bond acceptors (Lipinski definition) is 4. The van der Waals surface area contributed by atoms with Crippen LogP contribution in [0.1, 0.15) is 24.9 Å². The Morgan fingerprint density at radius 3 is 2.47 bits per heavy atom. The van der Waals surface area contributed by atoms with Gasteiger partial charge in [-0.2, -0.15) is 0 Å². The molecule has 0 aliphatic heterocycles. The lowest BCUT2D eigenvalue weighted by molar-refractivity contribution is -0.135. The van der Waals surface area contributed by atoms with Crippen LogP contribution in [0.3, 0.4) is 0 Å². The monoisotopic (exact) mass is 265 g/mol. The molecule has 6 heteroatoms. The van der Waals surface area contributed by atoms with Gasteiger partial charge in [-0.1, -0.05) is 18.2 Å². The fourth-order valence-corrected chi connectivity index (χ4v) is 1.81. The largest absolute Gasteiger partial charge is 0.508 e. The minimum atomic E-state index is -0.962. The molecule has 1 aromatic carbocycles. The van der Waals surface area contributed by atoms with E-state index in [0.717, 1.165) is 0 Å². The van der Waals surface area contributed by atoms with E-state index in [-0.39, 0.29) is 18.2 Å². The van der Waals surface area contributed by atoms with Crippen molar-refractivity contribution in [3.63, 3.8) is 0 Å². The zero-order chi connectivity index (χ0) is 14.6. The number of phenolic OH excluding ortho intramolecular Hbond substituents is 1. The van der Waals surface area contributed by atoms with Gasteiger partial charge in [0.1, 0.15) is 5.75 Å². The Kier molecular flexibility index (Phi) is 4.88. The maximum atomic E-state index is 12.0. The normalized spacial score (nSPS) is 13.6.